The van der Waals surface area contributed by atoms with Gasteiger partial charge in [-0.3, -0.25) is 4.79 Å². The average Bonchev–Trinajstić information content (AvgIpc) is 3.44. The van der Waals surface area contributed by atoms with E-state index in [0.717, 1.165) is 46.7 Å². The van der Waals surface area contributed by atoms with Gasteiger partial charge in [-0.1, -0.05) is 35.0 Å². The Kier molecular flexibility index (Phi) is 4.94. The zero-order valence-corrected chi connectivity index (χ0v) is 20.2. The first-order valence-electron chi connectivity index (χ1n) is 11.3. The molecule has 170 valence electrons. The summed E-state index contributed by atoms with van der Waals surface area (Å²) in [4.78, 5) is 21.7. The van der Waals surface area contributed by atoms with E-state index in [4.69, 9.17) is 21.3 Å². The van der Waals surface area contributed by atoms with E-state index in [0.29, 0.717) is 21.8 Å². The molecule has 4 aromatic rings. The number of nitrogens with zero attached hydrogens (tertiary/aromatic N) is 5. The molecule has 9 heteroatoms. The Hall–Kier alpha value is -2.55. The standard InChI is InChI=1S/C24H24ClN5O2S/c1-24(2)11-15-16(13-32-24)21(29-9-5-6-10-29)26-22-18(15)19-20(33-22)23(31)30(28-27-19)12-14-7-3-4-8-17(14)25/h3-4,7-8H,5-6,9-13H2,1-2H3. The van der Waals surface area contributed by atoms with Crippen LogP contribution in [0.15, 0.2) is 29.1 Å². The van der Waals surface area contributed by atoms with Gasteiger partial charge in [0.2, 0.25) is 0 Å². The zero-order chi connectivity index (χ0) is 22.7. The molecule has 3 aromatic heterocycles. The van der Waals surface area contributed by atoms with E-state index in [1.165, 1.54) is 34.4 Å². The minimum Gasteiger partial charge on any atom is -0.370 e. The number of aromatic nitrogens is 4. The zero-order valence-electron chi connectivity index (χ0n) is 18.6. The lowest BCUT2D eigenvalue weighted by atomic mass is 9.90. The summed E-state index contributed by atoms with van der Waals surface area (Å²) in [7, 11) is 0. The summed E-state index contributed by atoms with van der Waals surface area (Å²) in [6.07, 6.45) is 3.09. The fraction of sp³-hybridized carbons (Fsp3) is 0.417. The molecule has 0 aliphatic carbocycles. The van der Waals surface area contributed by atoms with Crippen molar-refractivity contribution in [3.05, 3.63) is 56.3 Å². The second-order valence-corrected chi connectivity index (χ2v) is 10.8. The van der Waals surface area contributed by atoms with Crippen LogP contribution in [0.5, 0.6) is 0 Å². The molecule has 1 fully saturated rings. The molecule has 1 saturated heterocycles. The molecule has 0 unspecified atom stereocenters. The van der Waals surface area contributed by atoms with Gasteiger partial charge in [-0.25, -0.2) is 9.67 Å². The predicted octanol–water partition coefficient (Wildman–Crippen LogP) is 4.55. The van der Waals surface area contributed by atoms with Crippen LogP contribution >= 0.6 is 22.9 Å². The highest BCUT2D eigenvalue weighted by Gasteiger charge is 2.33. The molecule has 7 nitrogen and oxygen atoms in total. The Labute approximate surface area is 199 Å². The van der Waals surface area contributed by atoms with Gasteiger partial charge in [-0.15, -0.1) is 16.4 Å². The highest BCUT2D eigenvalue weighted by molar-refractivity contribution is 7.25. The highest BCUT2D eigenvalue weighted by atomic mass is 35.5. The molecular weight excluding hydrogens is 458 g/mol. The number of pyridine rings is 1. The second-order valence-electron chi connectivity index (χ2n) is 9.42. The largest absolute Gasteiger partial charge is 0.370 e. The number of anilines is 1. The molecule has 0 amide bonds. The van der Waals surface area contributed by atoms with Gasteiger partial charge in [0, 0.05) is 35.5 Å². The molecule has 0 N–H and O–H groups in total. The second kappa shape index (κ2) is 7.75. The number of benzene rings is 1. The van der Waals surface area contributed by atoms with Crippen molar-refractivity contribution < 1.29 is 4.74 Å². The summed E-state index contributed by atoms with van der Waals surface area (Å²) < 4.78 is 8.15. The quantitative estimate of drug-likeness (QED) is 0.427. The van der Waals surface area contributed by atoms with E-state index < -0.39 is 0 Å². The number of hydrogen-bond donors (Lipinski definition) is 0. The van der Waals surface area contributed by atoms with Crippen molar-refractivity contribution in [3.8, 4) is 0 Å². The van der Waals surface area contributed by atoms with Gasteiger partial charge in [0.15, 0.2) is 0 Å². The lowest BCUT2D eigenvalue weighted by molar-refractivity contribution is -0.0395. The maximum absolute atomic E-state index is 13.4. The number of thiophene rings is 1. The van der Waals surface area contributed by atoms with Crippen molar-refractivity contribution in [2.45, 2.75) is 51.9 Å². The Bertz CT molecular complexity index is 1460. The smallest absolute Gasteiger partial charge is 0.288 e. The lowest BCUT2D eigenvalue weighted by Gasteiger charge is -2.34. The monoisotopic (exact) mass is 481 g/mol. The van der Waals surface area contributed by atoms with Crippen LogP contribution in [0, 0.1) is 0 Å². The Morgan fingerprint density at radius 2 is 1.97 bits per heavy atom. The van der Waals surface area contributed by atoms with E-state index in [2.05, 4.69) is 29.1 Å². The van der Waals surface area contributed by atoms with Crippen molar-refractivity contribution in [3.63, 3.8) is 0 Å². The SMILES string of the molecule is CC1(C)Cc2c(c(N3CCCC3)nc3sc4c(=O)n(Cc5ccccc5Cl)nnc4c23)CO1. The first-order valence-corrected chi connectivity index (χ1v) is 12.4. The topological polar surface area (TPSA) is 73.1 Å². The summed E-state index contributed by atoms with van der Waals surface area (Å²) in [5.41, 5.74) is 3.36. The first kappa shape index (κ1) is 21.0. The lowest BCUT2D eigenvalue weighted by Crippen LogP contribution is -2.34. The predicted molar refractivity (Wildman–Crippen MR) is 132 cm³/mol. The van der Waals surface area contributed by atoms with Crippen LogP contribution in [0.3, 0.4) is 0 Å². The van der Waals surface area contributed by atoms with Crippen LogP contribution in [0.1, 0.15) is 43.4 Å². The van der Waals surface area contributed by atoms with Crippen molar-refractivity contribution in [2.24, 2.45) is 0 Å². The van der Waals surface area contributed by atoms with E-state index in [1.807, 2.05) is 24.3 Å². The molecule has 2 aliphatic heterocycles. The molecular formula is C24H24ClN5O2S. The Balaban J connectivity index is 1.56. The van der Waals surface area contributed by atoms with Gasteiger partial charge < -0.3 is 9.64 Å². The van der Waals surface area contributed by atoms with E-state index >= 15 is 0 Å². The highest BCUT2D eigenvalue weighted by Crippen LogP contribution is 2.42. The molecule has 0 saturated carbocycles. The minimum absolute atomic E-state index is 0.161. The van der Waals surface area contributed by atoms with Crippen LogP contribution in [-0.4, -0.2) is 38.7 Å². The molecule has 0 bridgehead atoms. The molecule has 0 spiro atoms. The number of halogens is 1. The summed E-state index contributed by atoms with van der Waals surface area (Å²) in [6, 6.07) is 7.48. The minimum atomic E-state index is -0.287. The molecule has 33 heavy (non-hydrogen) atoms. The number of hydrogen-bond acceptors (Lipinski definition) is 7. The third-order valence-electron chi connectivity index (χ3n) is 6.58. The summed E-state index contributed by atoms with van der Waals surface area (Å²) in [5, 5.41) is 10.4. The van der Waals surface area contributed by atoms with Crippen molar-refractivity contribution in [1.82, 2.24) is 20.0 Å². The third-order valence-corrected chi connectivity index (χ3v) is 8.01. The fourth-order valence-electron chi connectivity index (χ4n) is 4.88. The van der Waals surface area contributed by atoms with Gasteiger partial charge in [0.05, 0.1) is 18.8 Å². The summed E-state index contributed by atoms with van der Waals surface area (Å²) in [5.74, 6) is 1.00. The maximum Gasteiger partial charge on any atom is 0.288 e. The summed E-state index contributed by atoms with van der Waals surface area (Å²) >= 11 is 7.72. The van der Waals surface area contributed by atoms with Crippen LogP contribution in [-0.2, 0) is 24.3 Å². The number of ether oxygens (including phenoxy) is 1. The van der Waals surface area contributed by atoms with Crippen LogP contribution < -0.4 is 10.5 Å². The van der Waals surface area contributed by atoms with Crippen molar-refractivity contribution in [2.75, 3.05) is 18.0 Å². The molecule has 1 aromatic carbocycles. The number of rotatable bonds is 3. The van der Waals surface area contributed by atoms with Crippen molar-refractivity contribution in [1.29, 1.82) is 0 Å². The van der Waals surface area contributed by atoms with Crippen molar-refractivity contribution >= 4 is 49.2 Å². The first-order chi connectivity index (χ1) is 15.9. The molecule has 5 heterocycles. The van der Waals surface area contributed by atoms with Gasteiger partial charge in [0.1, 0.15) is 20.9 Å². The van der Waals surface area contributed by atoms with E-state index in [-0.39, 0.29) is 17.7 Å². The number of fused-ring (bicyclic) bond motifs is 5. The van der Waals surface area contributed by atoms with Crippen LogP contribution in [0.4, 0.5) is 5.82 Å². The maximum atomic E-state index is 13.4. The normalized spacial score (nSPS) is 17.7. The van der Waals surface area contributed by atoms with E-state index in [1.54, 1.807) is 0 Å². The molecule has 0 radical (unpaired) electrons. The van der Waals surface area contributed by atoms with Crippen LogP contribution in [0.25, 0.3) is 20.4 Å². The van der Waals surface area contributed by atoms with Gasteiger partial charge in [-0.05, 0) is 43.9 Å². The fourth-order valence-corrected chi connectivity index (χ4v) is 6.16. The molecule has 0 atom stereocenters. The van der Waals surface area contributed by atoms with Gasteiger partial charge in [-0.2, -0.15) is 0 Å². The molecule has 2 aliphatic rings. The van der Waals surface area contributed by atoms with Crippen LogP contribution in [0.2, 0.25) is 5.02 Å². The summed E-state index contributed by atoms with van der Waals surface area (Å²) in [6.45, 7) is 7.02. The van der Waals surface area contributed by atoms with Gasteiger partial charge >= 0.3 is 0 Å². The average molecular weight is 482 g/mol. The van der Waals surface area contributed by atoms with Gasteiger partial charge in [0.25, 0.3) is 5.56 Å². The molecule has 6 rings (SSSR count). The Morgan fingerprint density at radius 1 is 1.18 bits per heavy atom. The Morgan fingerprint density at radius 3 is 2.76 bits per heavy atom. The van der Waals surface area contributed by atoms with E-state index in [9.17, 15) is 4.79 Å². The third kappa shape index (κ3) is 3.52.